The highest BCUT2D eigenvalue weighted by molar-refractivity contribution is 6.31. The summed E-state index contributed by atoms with van der Waals surface area (Å²) in [5.74, 6) is 0.605. The zero-order chi connectivity index (χ0) is 20.4. The summed E-state index contributed by atoms with van der Waals surface area (Å²) in [7, 11) is 0. The first-order chi connectivity index (χ1) is 14.0. The van der Waals surface area contributed by atoms with E-state index in [9.17, 15) is 10.2 Å². The summed E-state index contributed by atoms with van der Waals surface area (Å²) in [6, 6.07) is 8.84. The van der Waals surface area contributed by atoms with Crippen molar-refractivity contribution in [2.75, 3.05) is 39.5 Å². The first kappa shape index (κ1) is 20.7. The van der Waals surface area contributed by atoms with Gasteiger partial charge < -0.3 is 15.5 Å². The van der Waals surface area contributed by atoms with Gasteiger partial charge in [-0.25, -0.2) is 0 Å². The van der Waals surface area contributed by atoms with Crippen LogP contribution in [0.1, 0.15) is 16.7 Å². The summed E-state index contributed by atoms with van der Waals surface area (Å²) in [4.78, 5) is 6.78. The molecule has 0 radical (unpaired) electrons. The molecule has 3 N–H and O–H groups in total. The van der Waals surface area contributed by atoms with Crippen LogP contribution in [0.3, 0.4) is 0 Å². The minimum Gasteiger partial charge on any atom is -0.508 e. The summed E-state index contributed by atoms with van der Waals surface area (Å²) in [6.07, 6.45) is 0. The van der Waals surface area contributed by atoms with Crippen molar-refractivity contribution in [2.24, 2.45) is 0 Å². The average Bonchev–Trinajstić information content (AvgIpc) is 3.34. The molecule has 0 aliphatic carbocycles. The molecule has 0 amide bonds. The number of phenolic OH excluding ortho intramolecular Hbond substituents is 2. The molecule has 2 fully saturated rings. The predicted octanol–water partition coefficient (Wildman–Crippen LogP) is 3.04. The number of nitrogens with one attached hydrogen (secondary N) is 1. The second-order valence-corrected chi connectivity index (χ2v) is 8.68. The van der Waals surface area contributed by atoms with Gasteiger partial charge in [0.25, 0.3) is 0 Å². The van der Waals surface area contributed by atoms with Crippen molar-refractivity contribution in [3.05, 3.63) is 57.1 Å². The number of benzene rings is 2. The molecule has 4 rings (SSSR count). The lowest BCUT2D eigenvalue weighted by Gasteiger charge is -2.21. The lowest BCUT2D eigenvalue weighted by molar-refractivity contribution is 0.231. The molecule has 2 heterocycles. The van der Waals surface area contributed by atoms with Gasteiger partial charge in [-0.05, 0) is 30.3 Å². The highest BCUT2D eigenvalue weighted by atomic mass is 35.5. The molecular formula is C21H26Cl2N4O2. The van der Waals surface area contributed by atoms with Gasteiger partial charge in [-0.3, -0.25) is 14.7 Å². The number of rotatable bonds is 6. The topological polar surface area (TPSA) is 62.2 Å². The lowest BCUT2D eigenvalue weighted by Crippen LogP contribution is -2.25. The Morgan fingerprint density at radius 2 is 1.41 bits per heavy atom. The third-order valence-electron chi connectivity index (χ3n) is 5.53. The predicted molar refractivity (Wildman–Crippen MR) is 115 cm³/mol. The number of phenols is 2. The molecule has 0 unspecified atom stereocenters. The molecule has 0 bridgehead atoms. The van der Waals surface area contributed by atoms with Gasteiger partial charge in [0.05, 0.1) is 6.67 Å². The minimum absolute atomic E-state index is 0.265. The van der Waals surface area contributed by atoms with Crippen LogP contribution in [-0.2, 0) is 19.6 Å². The van der Waals surface area contributed by atoms with E-state index in [4.69, 9.17) is 23.2 Å². The van der Waals surface area contributed by atoms with E-state index in [2.05, 4.69) is 20.0 Å². The number of aromatic hydroxyl groups is 2. The number of hydrogen-bond acceptors (Lipinski definition) is 6. The fraction of sp³-hybridized carbons (Fsp3) is 0.429. The van der Waals surface area contributed by atoms with Crippen molar-refractivity contribution in [1.82, 2.24) is 20.0 Å². The summed E-state index contributed by atoms with van der Waals surface area (Å²) < 4.78 is 0. The van der Waals surface area contributed by atoms with Crippen molar-refractivity contribution < 1.29 is 10.2 Å². The van der Waals surface area contributed by atoms with Crippen molar-refractivity contribution in [2.45, 2.75) is 19.6 Å². The Labute approximate surface area is 181 Å². The molecule has 2 aliphatic rings. The Bertz CT molecular complexity index is 874. The van der Waals surface area contributed by atoms with E-state index in [0.29, 0.717) is 35.4 Å². The third-order valence-corrected chi connectivity index (χ3v) is 5.98. The van der Waals surface area contributed by atoms with Gasteiger partial charge >= 0.3 is 0 Å². The van der Waals surface area contributed by atoms with Crippen molar-refractivity contribution in [3.8, 4) is 11.5 Å². The van der Waals surface area contributed by atoms with Gasteiger partial charge in [-0.2, -0.15) is 0 Å². The number of nitrogens with zero attached hydrogens (tertiary/aromatic N) is 3. The lowest BCUT2D eigenvalue weighted by atomic mass is 10.1. The Balaban J connectivity index is 1.40. The molecule has 6 nitrogen and oxygen atoms in total. The fourth-order valence-electron chi connectivity index (χ4n) is 4.02. The minimum atomic E-state index is 0.265. The number of halogens is 2. The van der Waals surface area contributed by atoms with E-state index in [1.165, 1.54) is 0 Å². The molecule has 0 spiro atoms. The second kappa shape index (κ2) is 9.08. The molecule has 156 valence electrons. The summed E-state index contributed by atoms with van der Waals surface area (Å²) >= 11 is 12.4. The van der Waals surface area contributed by atoms with Crippen LogP contribution in [-0.4, -0.2) is 64.4 Å². The molecule has 0 aromatic heterocycles. The smallest absolute Gasteiger partial charge is 0.124 e. The number of hydrogen-bond donors (Lipinski definition) is 3. The van der Waals surface area contributed by atoms with Gasteiger partial charge in [0.15, 0.2) is 0 Å². The highest BCUT2D eigenvalue weighted by Crippen LogP contribution is 2.30. The zero-order valence-corrected chi connectivity index (χ0v) is 17.8. The molecule has 2 aromatic carbocycles. The van der Waals surface area contributed by atoms with Crippen LogP contribution in [0.4, 0.5) is 0 Å². The quantitative estimate of drug-likeness (QED) is 0.646. The van der Waals surface area contributed by atoms with Crippen LogP contribution in [0.25, 0.3) is 0 Å². The van der Waals surface area contributed by atoms with Crippen LogP contribution >= 0.6 is 23.2 Å². The normalized spacial score (nSPS) is 18.7. The Morgan fingerprint density at radius 1 is 0.793 bits per heavy atom. The maximum atomic E-state index is 10.8. The van der Waals surface area contributed by atoms with Gasteiger partial charge in [0, 0.05) is 79.2 Å². The van der Waals surface area contributed by atoms with Crippen molar-refractivity contribution in [3.63, 3.8) is 0 Å². The monoisotopic (exact) mass is 436 g/mol. The first-order valence-electron chi connectivity index (χ1n) is 9.83. The molecule has 0 saturated carbocycles. The SMILES string of the molecule is Oc1ccc(Cl)cc1CN1CCN(Cc2cc(Cl)cc(CN3CCNC3)c2O)C1. The van der Waals surface area contributed by atoms with Crippen LogP contribution in [0.2, 0.25) is 10.0 Å². The average molecular weight is 437 g/mol. The van der Waals surface area contributed by atoms with Gasteiger partial charge in [-0.1, -0.05) is 23.2 Å². The Kier molecular flexibility index (Phi) is 6.49. The van der Waals surface area contributed by atoms with Crippen molar-refractivity contribution >= 4 is 23.2 Å². The van der Waals surface area contributed by atoms with Gasteiger partial charge in [0.1, 0.15) is 11.5 Å². The Morgan fingerprint density at radius 3 is 2.07 bits per heavy atom. The van der Waals surface area contributed by atoms with Crippen LogP contribution in [0.5, 0.6) is 11.5 Å². The highest BCUT2D eigenvalue weighted by Gasteiger charge is 2.23. The van der Waals surface area contributed by atoms with Gasteiger partial charge in [0.2, 0.25) is 0 Å². The molecule has 2 saturated heterocycles. The van der Waals surface area contributed by atoms with Gasteiger partial charge in [-0.15, -0.1) is 0 Å². The third kappa shape index (κ3) is 5.15. The summed E-state index contributed by atoms with van der Waals surface area (Å²) in [5, 5.41) is 25.4. The molecule has 29 heavy (non-hydrogen) atoms. The van der Waals surface area contributed by atoms with Crippen LogP contribution < -0.4 is 5.32 Å². The van der Waals surface area contributed by atoms with E-state index in [1.807, 2.05) is 18.2 Å². The van der Waals surface area contributed by atoms with E-state index in [-0.39, 0.29) is 5.75 Å². The maximum Gasteiger partial charge on any atom is 0.124 e. The fourth-order valence-corrected chi connectivity index (χ4v) is 4.47. The molecule has 0 atom stereocenters. The van der Waals surface area contributed by atoms with E-state index in [1.54, 1.807) is 12.1 Å². The first-order valence-corrected chi connectivity index (χ1v) is 10.6. The van der Waals surface area contributed by atoms with E-state index in [0.717, 1.165) is 56.2 Å². The standard InChI is InChI=1S/C21H26Cl2N4O2/c22-18-1-2-20(28)15(7-18)10-26-5-6-27(14-26)12-17-9-19(23)8-16(21(17)29)11-25-4-3-24-13-25/h1-2,7-9,24,28-29H,3-6,10-14H2. The summed E-state index contributed by atoms with van der Waals surface area (Å²) in [5.41, 5.74) is 2.55. The largest absolute Gasteiger partial charge is 0.508 e. The molecular weight excluding hydrogens is 411 g/mol. The van der Waals surface area contributed by atoms with Crippen LogP contribution in [0, 0.1) is 0 Å². The Hall–Kier alpha value is -1.54. The second-order valence-electron chi connectivity index (χ2n) is 7.80. The zero-order valence-electron chi connectivity index (χ0n) is 16.2. The van der Waals surface area contributed by atoms with Crippen molar-refractivity contribution in [1.29, 1.82) is 0 Å². The maximum absolute atomic E-state index is 10.8. The van der Waals surface area contributed by atoms with E-state index >= 15 is 0 Å². The molecule has 8 heteroatoms. The van der Waals surface area contributed by atoms with Crippen LogP contribution in [0.15, 0.2) is 30.3 Å². The summed E-state index contributed by atoms with van der Waals surface area (Å²) in [6.45, 7) is 7.26. The molecule has 2 aliphatic heterocycles. The molecule has 2 aromatic rings. The van der Waals surface area contributed by atoms with E-state index < -0.39 is 0 Å².